The Hall–Kier alpha value is -3.17. The zero-order chi connectivity index (χ0) is 18.7. The zero-order valence-electron chi connectivity index (χ0n) is 13.1. The van der Waals surface area contributed by atoms with Gasteiger partial charge >= 0.3 is 6.18 Å². The first-order valence-electron chi connectivity index (χ1n) is 7.01. The molecule has 0 saturated carbocycles. The van der Waals surface area contributed by atoms with E-state index in [-0.39, 0.29) is 22.9 Å². The number of phenolic OH excluding ortho intramolecular Hbond substituents is 1. The summed E-state index contributed by atoms with van der Waals surface area (Å²) in [6.07, 6.45) is -4.89. The minimum atomic E-state index is -4.89. The Bertz CT molecular complexity index is 1020. The number of fused-ring (bicyclic) bond motifs is 1. The van der Waals surface area contributed by atoms with Crippen molar-refractivity contribution in [2.24, 2.45) is 5.73 Å². The smallest absolute Gasteiger partial charge is 0.453 e. The number of carbonyl (C=O) groups is 1. The fourth-order valence-electron chi connectivity index (χ4n) is 2.85. The van der Waals surface area contributed by atoms with Crippen LogP contribution in [0, 0.1) is 13.8 Å². The van der Waals surface area contributed by atoms with Crippen LogP contribution in [0.3, 0.4) is 0 Å². The van der Waals surface area contributed by atoms with Crippen molar-refractivity contribution in [3.05, 3.63) is 34.6 Å². The van der Waals surface area contributed by atoms with E-state index in [0.717, 1.165) is 4.57 Å². The van der Waals surface area contributed by atoms with Crippen molar-refractivity contribution in [3.63, 3.8) is 0 Å². The summed E-state index contributed by atoms with van der Waals surface area (Å²) >= 11 is 0. The average molecular weight is 354 g/mol. The Morgan fingerprint density at radius 2 is 1.96 bits per heavy atom. The lowest BCUT2D eigenvalue weighted by Gasteiger charge is -2.14. The minimum absolute atomic E-state index is 0.0954. The Labute approximate surface area is 138 Å². The molecule has 0 aliphatic heterocycles. The van der Waals surface area contributed by atoms with Crippen LogP contribution in [0.25, 0.3) is 16.7 Å². The number of amides is 1. The van der Waals surface area contributed by atoms with E-state index in [4.69, 9.17) is 11.5 Å². The van der Waals surface area contributed by atoms with Gasteiger partial charge in [-0.2, -0.15) is 13.2 Å². The standard InChI is InChI=1S/C15H13F3N4O3/c1-5-3-4-7(23)6(2)10(5)22-12(19)9(13(20)24)8-11(15(16,17)18)25-21-14(8)22/h3-4,23H,19H2,1-2H3,(H2,20,24). The summed E-state index contributed by atoms with van der Waals surface area (Å²) in [5.74, 6) is -3.02. The third-order valence-electron chi connectivity index (χ3n) is 3.96. The maximum Gasteiger partial charge on any atom is 0.453 e. The van der Waals surface area contributed by atoms with Crippen LogP contribution < -0.4 is 11.5 Å². The number of aryl methyl sites for hydroxylation is 1. The molecule has 2 heterocycles. The zero-order valence-corrected chi connectivity index (χ0v) is 13.1. The molecule has 0 fully saturated rings. The first-order chi connectivity index (χ1) is 11.6. The Kier molecular flexibility index (Phi) is 3.44. The number of primary amides is 1. The van der Waals surface area contributed by atoms with Crippen molar-refractivity contribution < 1.29 is 27.6 Å². The molecule has 7 nitrogen and oxygen atoms in total. The van der Waals surface area contributed by atoms with Crippen molar-refractivity contribution in [1.29, 1.82) is 0 Å². The van der Waals surface area contributed by atoms with Gasteiger partial charge in [-0.25, -0.2) is 0 Å². The van der Waals surface area contributed by atoms with Gasteiger partial charge in [-0.1, -0.05) is 11.2 Å². The molecular formula is C15H13F3N4O3. The normalized spacial score (nSPS) is 12.0. The number of nitrogens with two attached hydrogens (primary N) is 2. The lowest BCUT2D eigenvalue weighted by molar-refractivity contribution is -0.154. The predicted molar refractivity (Wildman–Crippen MR) is 82.4 cm³/mol. The van der Waals surface area contributed by atoms with Crippen LogP contribution in [-0.2, 0) is 6.18 Å². The molecule has 1 aromatic carbocycles. The summed E-state index contributed by atoms with van der Waals surface area (Å²) in [5.41, 5.74) is 11.5. The van der Waals surface area contributed by atoms with E-state index in [1.54, 1.807) is 19.9 Å². The molecule has 0 radical (unpaired) electrons. The summed E-state index contributed by atoms with van der Waals surface area (Å²) in [6.45, 7) is 3.22. The van der Waals surface area contributed by atoms with E-state index in [2.05, 4.69) is 9.68 Å². The molecule has 0 saturated heterocycles. The highest BCUT2D eigenvalue weighted by Crippen LogP contribution is 2.42. The maximum absolute atomic E-state index is 13.2. The van der Waals surface area contributed by atoms with Crippen molar-refractivity contribution >= 4 is 22.8 Å². The van der Waals surface area contributed by atoms with Crippen LogP contribution in [0.5, 0.6) is 5.75 Å². The quantitative estimate of drug-likeness (QED) is 0.653. The maximum atomic E-state index is 13.2. The number of aromatic hydroxyl groups is 1. The number of aromatic nitrogens is 2. The largest absolute Gasteiger partial charge is 0.508 e. The van der Waals surface area contributed by atoms with Gasteiger partial charge in [-0.05, 0) is 25.5 Å². The fraction of sp³-hybridized carbons (Fsp3) is 0.200. The van der Waals surface area contributed by atoms with Crippen molar-refractivity contribution in [3.8, 4) is 11.4 Å². The van der Waals surface area contributed by atoms with Gasteiger partial charge in [-0.15, -0.1) is 0 Å². The third-order valence-corrected chi connectivity index (χ3v) is 3.96. The molecule has 0 aliphatic carbocycles. The highest BCUT2D eigenvalue weighted by Gasteiger charge is 2.42. The van der Waals surface area contributed by atoms with Crippen LogP contribution in [0.15, 0.2) is 16.7 Å². The number of alkyl halides is 3. The molecule has 3 aromatic rings. The van der Waals surface area contributed by atoms with E-state index in [1.165, 1.54) is 6.07 Å². The molecule has 0 atom stereocenters. The molecule has 25 heavy (non-hydrogen) atoms. The lowest BCUT2D eigenvalue weighted by Crippen LogP contribution is -2.15. The van der Waals surface area contributed by atoms with Gasteiger partial charge in [0, 0.05) is 5.56 Å². The highest BCUT2D eigenvalue weighted by atomic mass is 19.4. The third kappa shape index (κ3) is 2.29. The number of carbonyl (C=O) groups excluding carboxylic acids is 1. The van der Waals surface area contributed by atoms with Gasteiger partial charge in [-0.3, -0.25) is 9.36 Å². The fourth-order valence-corrected chi connectivity index (χ4v) is 2.85. The number of rotatable bonds is 2. The van der Waals surface area contributed by atoms with Gasteiger partial charge in [0.2, 0.25) is 0 Å². The number of halogens is 3. The van der Waals surface area contributed by atoms with Crippen LogP contribution in [-0.4, -0.2) is 20.7 Å². The Morgan fingerprint density at radius 1 is 1.32 bits per heavy atom. The number of hydrogen-bond acceptors (Lipinski definition) is 5. The summed E-state index contributed by atoms with van der Waals surface area (Å²) in [4.78, 5) is 11.7. The molecule has 3 rings (SSSR count). The second-order valence-electron chi connectivity index (χ2n) is 5.54. The Balaban J connectivity index is 2.51. The minimum Gasteiger partial charge on any atom is -0.508 e. The summed E-state index contributed by atoms with van der Waals surface area (Å²) < 4.78 is 45.1. The molecule has 2 aromatic heterocycles. The van der Waals surface area contributed by atoms with Crippen LogP contribution in [0.1, 0.15) is 27.2 Å². The first kappa shape index (κ1) is 16.7. The van der Waals surface area contributed by atoms with E-state index in [1.807, 2.05) is 0 Å². The molecule has 0 unspecified atom stereocenters. The second kappa shape index (κ2) is 5.16. The van der Waals surface area contributed by atoms with E-state index in [0.29, 0.717) is 11.1 Å². The molecule has 0 aliphatic rings. The predicted octanol–water partition coefficient (Wildman–Crippen LogP) is 2.64. The second-order valence-corrected chi connectivity index (χ2v) is 5.54. The van der Waals surface area contributed by atoms with E-state index < -0.39 is 28.8 Å². The number of phenols is 1. The monoisotopic (exact) mass is 354 g/mol. The number of anilines is 1. The molecule has 132 valence electrons. The summed E-state index contributed by atoms with van der Waals surface area (Å²) in [6, 6.07) is 2.99. The highest BCUT2D eigenvalue weighted by molar-refractivity contribution is 6.11. The van der Waals surface area contributed by atoms with Gasteiger partial charge < -0.3 is 21.1 Å². The molecular weight excluding hydrogens is 341 g/mol. The van der Waals surface area contributed by atoms with Gasteiger partial charge in [0.15, 0.2) is 5.65 Å². The number of benzene rings is 1. The van der Waals surface area contributed by atoms with E-state index in [9.17, 15) is 23.1 Å². The van der Waals surface area contributed by atoms with Crippen LogP contribution in [0.2, 0.25) is 0 Å². The topological polar surface area (TPSA) is 120 Å². The summed E-state index contributed by atoms with van der Waals surface area (Å²) in [7, 11) is 0. The first-order valence-corrected chi connectivity index (χ1v) is 7.01. The number of nitrogen functional groups attached to an aromatic ring is 1. The molecule has 5 N–H and O–H groups in total. The molecule has 1 amide bonds. The van der Waals surface area contributed by atoms with Crippen molar-refractivity contribution in [1.82, 2.24) is 9.72 Å². The molecule has 0 spiro atoms. The van der Waals surface area contributed by atoms with Crippen LogP contribution in [0.4, 0.5) is 19.0 Å². The average Bonchev–Trinajstić information content (AvgIpc) is 3.01. The van der Waals surface area contributed by atoms with Gasteiger partial charge in [0.25, 0.3) is 11.7 Å². The van der Waals surface area contributed by atoms with Crippen LogP contribution >= 0.6 is 0 Å². The number of hydrogen-bond donors (Lipinski definition) is 3. The van der Waals surface area contributed by atoms with Crippen molar-refractivity contribution in [2.45, 2.75) is 20.0 Å². The van der Waals surface area contributed by atoms with Gasteiger partial charge in [0.1, 0.15) is 11.6 Å². The SMILES string of the molecule is Cc1ccc(O)c(C)c1-n1c(N)c(C(N)=O)c2c(C(F)(F)F)onc21. The summed E-state index contributed by atoms with van der Waals surface area (Å²) in [5, 5.41) is 12.8. The number of nitrogens with zero attached hydrogens (tertiary/aromatic N) is 2. The van der Waals surface area contributed by atoms with E-state index >= 15 is 0 Å². The van der Waals surface area contributed by atoms with Gasteiger partial charge in [0.05, 0.1) is 16.6 Å². The van der Waals surface area contributed by atoms with Crippen molar-refractivity contribution in [2.75, 3.05) is 5.73 Å². The molecule has 0 bridgehead atoms. The molecule has 10 heteroatoms. The Morgan fingerprint density at radius 3 is 2.52 bits per heavy atom. The lowest BCUT2D eigenvalue weighted by atomic mass is 10.1.